The molecule has 0 spiro atoms. The van der Waals surface area contributed by atoms with Crippen LogP contribution in [0.25, 0.3) is 5.69 Å². The predicted octanol–water partition coefficient (Wildman–Crippen LogP) is 4.26. The fourth-order valence-corrected chi connectivity index (χ4v) is 5.00. The number of ether oxygens (including phenoxy) is 1. The molecule has 4 N–H and O–H groups in total. The van der Waals surface area contributed by atoms with Crippen molar-refractivity contribution in [2.45, 2.75) is 32.2 Å². The maximum absolute atomic E-state index is 13.1. The lowest BCUT2D eigenvalue weighted by atomic mass is 10.00. The number of hydrogen-bond acceptors (Lipinski definition) is 8. The number of aryl methyl sites for hydroxylation is 1. The number of carbonyl (C=O) groups is 2. The number of aromatic hydroxyl groups is 2. The molecule has 0 saturated carbocycles. The van der Waals surface area contributed by atoms with Crippen molar-refractivity contribution in [2.75, 3.05) is 20.2 Å². The van der Waals surface area contributed by atoms with E-state index in [1.165, 1.54) is 18.2 Å². The Labute approximate surface area is 253 Å². The van der Waals surface area contributed by atoms with Crippen LogP contribution in [0.5, 0.6) is 17.2 Å². The van der Waals surface area contributed by atoms with E-state index < -0.39 is 6.04 Å². The van der Waals surface area contributed by atoms with Gasteiger partial charge in [0.1, 0.15) is 17.6 Å². The second-order valence-electron chi connectivity index (χ2n) is 10.0. The molecule has 0 saturated heterocycles. The van der Waals surface area contributed by atoms with Gasteiger partial charge in [0.05, 0.1) is 24.9 Å². The Morgan fingerprint density at radius 1 is 0.953 bits per heavy atom. The highest BCUT2D eigenvalue weighted by molar-refractivity contribution is 6.30. The van der Waals surface area contributed by atoms with E-state index >= 15 is 0 Å². The van der Waals surface area contributed by atoms with Gasteiger partial charge in [-0.3, -0.25) is 19.1 Å². The zero-order chi connectivity index (χ0) is 30.5. The molecule has 43 heavy (non-hydrogen) atoms. The van der Waals surface area contributed by atoms with Crippen LogP contribution in [0.15, 0.2) is 65.7 Å². The van der Waals surface area contributed by atoms with Gasteiger partial charge in [-0.15, -0.1) is 10.2 Å². The van der Waals surface area contributed by atoms with E-state index in [1.807, 2.05) is 41.8 Å². The van der Waals surface area contributed by atoms with Crippen molar-refractivity contribution in [1.29, 1.82) is 0 Å². The topological polar surface area (TPSA) is 151 Å². The van der Waals surface area contributed by atoms with Crippen molar-refractivity contribution in [3.8, 4) is 22.9 Å². The van der Waals surface area contributed by atoms with Crippen LogP contribution in [0.3, 0.4) is 0 Å². The zero-order valence-corrected chi connectivity index (χ0v) is 24.4. The molecule has 2 heterocycles. The highest BCUT2D eigenvalue weighted by atomic mass is 35.5. The van der Waals surface area contributed by atoms with Gasteiger partial charge in [0.15, 0.2) is 17.3 Å². The summed E-state index contributed by atoms with van der Waals surface area (Å²) in [4.78, 5) is 30.4. The van der Waals surface area contributed by atoms with Crippen molar-refractivity contribution >= 4 is 29.1 Å². The number of carbonyl (C=O) groups excluding carboxylic acids is 2. The number of aromatic nitrogens is 3. The van der Waals surface area contributed by atoms with E-state index in [0.717, 1.165) is 16.8 Å². The van der Waals surface area contributed by atoms with Crippen LogP contribution >= 0.6 is 11.6 Å². The maximum Gasteiger partial charge on any atom is 0.251 e. The summed E-state index contributed by atoms with van der Waals surface area (Å²) < 4.78 is 7.44. The molecular formula is C31H31ClN6O5. The highest BCUT2D eigenvalue weighted by Crippen LogP contribution is 2.34. The van der Waals surface area contributed by atoms with Crippen LogP contribution in [0, 0.1) is 6.92 Å². The Morgan fingerprint density at radius 3 is 2.42 bits per heavy atom. The van der Waals surface area contributed by atoms with Gasteiger partial charge in [-0.25, -0.2) is 0 Å². The summed E-state index contributed by atoms with van der Waals surface area (Å²) in [6.07, 6.45) is 1.32. The molecule has 11 nitrogen and oxygen atoms in total. The lowest BCUT2D eigenvalue weighted by Gasteiger charge is -2.14. The molecule has 1 aliphatic heterocycles. The SMILES string of the molecule is COc1ccc2c(c1)C(c1ccc(Cl)cc1)=NC(CC(=O)NCCCCNC(=O)c1ccc(O)c(O)c1)c1nnc(C)n1-2. The number of halogens is 1. The third kappa shape index (κ3) is 6.62. The molecule has 0 aliphatic carbocycles. The number of nitrogens with one attached hydrogen (secondary N) is 2. The average Bonchev–Trinajstić information content (AvgIpc) is 3.33. The minimum atomic E-state index is -0.605. The number of amides is 2. The van der Waals surface area contributed by atoms with Crippen molar-refractivity contribution < 1.29 is 24.5 Å². The third-order valence-electron chi connectivity index (χ3n) is 7.08. The number of phenolic OH excluding ortho intramolecular Hbond substituents is 2. The van der Waals surface area contributed by atoms with Crippen LogP contribution in [0.1, 0.15) is 58.4 Å². The number of methoxy groups -OCH3 is 1. The Bertz CT molecular complexity index is 1680. The van der Waals surface area contributed by atoms with Crippen molar-refractivity contribution in [3.63, 3.8) is 0 Å². The summed E-state index contributed by atoms with van der Waals surface area (Å²) in [7, 11) is 1.61. The van der Waals surface area contributed by atoms with E-state index in [0.29, 0.717) is 54.1 Å². The lowest BCUT2D eigenvalue weighted by molar-refractivity contribution is -0.121. The van der Waals surface area contributed by atoms with Gasteiger partial charge in [0, 0.05) is 34.8 Å². The quantitative estimate of drug-likeness (QED) is 0.156. The molecule has 2 amide bonds. The Balaban J connectivity index is 1.26. The fourth-order valence-electron chi connectivity index (χ4n) is 4.87. The largest absolute Gasteiger partial charge is 0.504 e. The Morgan fingerprint density at radius 2 is 1.70 bits per heavy atom. The highest BCUT2D eigenvalue weighted by Gasteiger charge is 2.30. The van der Waals surface area contributed by atoms with Crippen LogP contribution < -0.4 is 15.4 Å². The second kappa shape index (κ2) is 13.0. The smallest absolute Gasteiger partial charge is 0.251 e. The number of nitrogens with zero attached hydrogens (tertiary/aromatic N) is 4. The summed E-state index contributed by atoms with van der Waals surface area (Å²) in [5.74, 6) is 0.703. The zero-order valence-electron chi connectivity index (χ0n) is 23.7. The number of benzene rings is 3. The molecule has 0 fully saturated rings. The van der Waals surface area contributed by atoms with Gasteiger partial charge in [-0.1, -0.05) is 23.7 Å². The molecule has 1 aromatic heterocycles. The molecule has 1 unspecified atom stereocenters. The average molecular weight is 603 g/mol. The first kappa shape index (κ1) is 29.6. The first-order valence-corrected chi connectivity index (χ1v) is 14.1. The molecule has 4 aromatic rings. The molecule has 0 bridgehead atoms. The number of fused-ring (bicyclic) bond motifs is 3. The van der Waals surface area contributed by atoms with Gasteiger partial charge in [0.2, 0.25) is 5.91 Å². The van der Waals surface area contributed by atoms with Gasteiger partial charge < -0.3 is 25.6 Å². The Hall–Kier alpha value is -4.90. The fraction of sp³-hybridized carbons (Fsp3) is 0.258. The lowest BCUT2D eigenvalue weighted by Crippen LogP contribution is -2.28. The maximum atomic E-state index is 13.1. The van der Waals surface area contributed by atoms with E-state index in [-0.39, 0.29) is 35.3 Å². The van der Waals surface area contributed by atoms with Crippen molar-refractivity contribution in [3.05, 3.63) is 94.0 Å². The van der Waals surface area contributed by atoms with Crippen LogP contribution in [-0.2, 0) is 4.79 Å². The van der Waals surface area contributed by atoms with Crippen LogP contribution in [-0.4, -0.2) is 62.7 Å². The number of phenols is 2. The standard InChI is InChI=1S/C31H31ClN6O5/c1-18-36-37-30-24(17-28(41)33-13-3-4-14-34-31(42)20-7-12-26(39)27(40)15-20)35-29(19-5-8-21(32)9-6-19)23-16-22(43-2)10-11-25(23)38(18)30/h5-12,15-16,24,39-40H,3-4,13-14,17H2,1-2H3,(H,33,41)(H,34,42). The summed E-state index contributed by atoms with van der Waals surface area (Å²) in [5, 5.41) is 34.0. The number of rotatable bonds is 10. The summed E-state index contributed by atoms with van der Waals surface area (Å²) in [6.45, 7) is 2.66. The molecule has 5 rings (SSSR count). The summed E-state index contributed by atoms with van der Waals surface area (Å²) >= 11 is 6.17. The summed E-state index contributed by atoms with van der Waals surface area (Å²) in [5.41, 5.74) is 3.42. The van der Waals surface area contributed by atoms with Crippen LogP contribution in [0.2, 0.25) is 5.02 Å². The van der Waals surface area contributed by atoms with E-state index in [2.05, 4.69) is 20.8 Å². The molecule has 12 heteroatoms. The van der Waals surface area contributed by atoms with Gasteiger partial charge in [-0.2, -0.15) is 0 Å². The van der Waals surface area contributed by atoms with Gasteiger partial charge >= 0.3 is 0 Å². The van der Waals surface area contributed by atoms with Gasteiger partial charge in [0.25, 0.3) is 5.91 Å². The van der Waals surface area contributed by atoms with Gasteiger partial charge in [-0.05, 0) is 68.3 Å². The molecule has 1 aliphatic rings. The molecule has 0 radical (unpaired) electrons. The number of unbranched alkanes of at least 4 members (excludes halogenated alkanes) is 1. The molecule has 222 valence electrons. The van der Waals surface area contributed by atoms with Crippen molar-refractivity contribution in [2.24, 2.45) is 4.99 Å². The predicted molar refractivity (Wildman–Crippen MR) is 161 cm³/mol. The first-order valence-electron chi connectivity index (χ1n) is 13.8. The molecular weight excluding hydrogens is 572 g/mol. The monoisotopic (exact) mass is 602 g/mol. The molecule has 1 atom stereocenters. The second-order valence-corrected chi connectivity index (χ2v) is 10.5. The Kier molecular flexibility index (Phi) is 8.91. The number of aliphatic imine (C=N–C) groups is 1. The van der Waals surface area contributed by atoms with E-state index in [1.54, 1.807) is 19.2 Å². The minimum Gasteiger partial charge on any atom is -0.504 e. The third-order valence-corrected chi connectivity index (χ3v) is 7.33. The van der Waals surface area contributed by atoms with Crippen LogP contribution in [0.4, 0.5) is 0 Å². The van der Waals surface area contributed by atoms with Crippen molar-refractivity contribution in [1.82, 2.24) is 25.4 Å². The van der Waals surface area contributed by atoms with E-state index in [9.17, 15) is 19.8 Å². The number of hydrogen-bond donors (Lipinski definition) is 4. The minimum absolute atomic E-state index is 0.0570. The molecule has 3 aromatic carbocycles. The normalized spacial score (nSPS) is 13.7. The van der Waals surface area contributed by atoms with E-state index in [4.69, 9.17) is 21.3 Å². The first-order chi connectivity index (χ1) is 20.7. The summed E-state index contributed by atoms with van der Waals surface area (Å²) in [6, 6.07) is 16.4.